The molecule has 9 heteroatoms. The first-order chi connectivity index (χ1) is 16.4. The van der Waals surface area contributed by atoms with Crippen molar-refractivity contribution < 1.29 is 27.4 Å². The molecule has 0 bridgehead atoms. The summed E-state index contributed by atoms with van der Waals surface area (Å²) in [7, 11) is -0.441. The quantitative estimate of drug-likeness (QED) is 0.381. The van der Waals surface area contributed by atoms with Crippen molar-refractivity contribution in [1.29, 1.82) is 0 Å². The smallest absolute Gasteiger partial charge is 0.355 e. The number of benzene rings is 2. The second-order valence-corrected chi connectivity index (χ2v) is 10.2. The summed E-state index contributed by atoms with van der Waals surface area (Å²) >= 11 is 0. The molecular formula is C25H30N2O6S. The number of aromatic nitrogens is 1. The fraction of sp³-hybridized carbons (Fsp3) is 0.400. The number of nitrogens with zero attached hydrogens (tertiary/aromatic N) is 1. The minimum atomic E-state index is -3.64. The maximum absolute atomic E-state index is 13.3. The van der Waals surface area contributed by atoms with Gasteiger partial charge in [0.15, 0.2) is 6.29 Å². The van der Waals surface area contributed by atoms with Crippen LogP contribution in [-0.4, -0.2) is 63.9 Å². The van der Waals surface area contributed by atoms with Crippen LogP contribution in [0.5, 0.6) is 0 Å². The summed E-state index contributed by atoms with van der Waals surface area (Å²) in [5, 5.41) is 0.870. The van der Waals surface area contributed by atoms with E-state index in [1.807, 2.05) is 24.3 Å². The van der Waals surface area contributed by atoms with E-state index in [4.69, 9.17) is 14.2 Å². The van der Waals surface area contributed by atoms with E-state index >= 15 is 0 Å². The molecule has 1 aliphatic rings. The molecule has 2 aromatic carbocycles. The zero-order valence-electron chi connectivity index (χ0n) is 19.6. The van der Waals surface area contributed by atoms with Crippen molar-refractivity contribution in [2.45, 2.75) is 31.0 Å². The van der Waals surface area contributed by atoms with Crippen LogP contribution >= 0.6 is 0 Å². The fourth-order valence-corrected chi connectivity index (χ4v) is 6.08. The molecule has 34 heavy (non-hydrogen) atoms. The third kappa shape index (κ3) is 4.61. The molecule has 1 N–H and O–H groups in total. The van der Waals surface area contributed by atoms with Crippen molar-refractivity contribution in [2.24, 2.45) is 5.92 Å². The van der Waals surface area contributed by atoms with E-state index < -0.39 is 16.0 Å². The molecule has 1 saturated heterocycles. The first kappa shape index (κ1) is 24.4. The van der Waals surface area contributed by atoms with Crippen molar-refractivity contribution >= 4 is 26.9 Å². The number of H-pyrrole nitrogens is 1. The molecule has 0 spiro atoms. The van der Waals surface area contributed by atoms with Crippen LogP contribution < -0.4 is 0 Å². The van der Waals surface area contributed by atoms with Crippen LogP contribution in [0, 0.1) is 5.92 Å². The number of rotatable bonds is 8. The van der Waals surface area contributed by atoms with Crippen LogP contribution in [0.4, 0.5) is 0 Å². The summed E-state index contributed by atoms with van der Waals surface area (Å²) in [5.41, 5.74) is 2.60. The Morgan fingerprint density at radius 3 is 2.32 bits per heavy atom. The predicted octanol–water partition coefficient (Wildman–Crippen LogP) is 4.03. The van der Waals surface area contributed by atoms with E-state index in [0.717, 1.165) is 16.5 Å². The zero-order valence-corrected chi connectivity index (χ0v) is 20.4. The van der Waals surface area contributed by atoms with Crippen molar-refractivity contribution in [3.05, 3.63) is 54.2 Å². The van der Waals surface area contributed by atoms with E-state index in [9.17, 15) is 13.2 Å². The highest BCUT2D eigenvalue weighted by Gasteiger charge is 2.33. The molecule has 1 fully saturated rings. The van der Waals surface area contributed by atoms with Crippen LogP contribution in [0.25, 0.3) is 22.0 Å². The average molecular weight is 487 g/mol. The molecule has 2 heterocycles. The molecular weight excluding hydrogens is 456 g/mol. The molecule has 1 aliphatic heterocycles. The van der Waals surface area contributed by atoms with Crippen molar-refractivity contribution in [1.82, 2.24) is 9.29 Å². The number of aromatic amines is 1. The number of esters is 1. The van der Waals surface area contributed by atoms with Crippen molar-refractivity contribution in [3.8, 4) is 11.1 Å². The summed E-state index contributed by atoms with van der Waals surface area (Å²) in [5.74, 6) is -0.286. The molecule has 4 rings (SSSR count). The second-order valence-electron chi connectivity index (χ2n) is 8.25. The van der Waals surface area contributed by atoms with Crippen LogP contribution in [0.1, 0.15) is 30.3 Å². The van der Waals surface area contributed by atoms with Gasteiger partial charge in [0.1, 0.15) is 5.69 Å². The minimum absolute atomic E-state index is 0.159. The molecule has 3 aromatic rings. The SMILES string of the molecule is CCOC(=O)c1[nH]c2ccccc2c1-c1ccc(S(=O)(=O)N2CCC(C(OC)OC)CC2)cc1. The Kier molecular flexibility index (Phi) is 7.37. The van der Waals surface area contributed by atoms with Crippen molar-refractivity contribution in [2.75, 3.05) is 33.9 Å². The van der Waals surface area contributed by atoms with Crippen LogP contribution in [0.15, 0.2) is 53.4 Å². The number of carbonyl (C=O) groups excluding carboxylic acids is 1. The number of para-hydroxylation sites is 1. The highest BCUT2D eigenvalue weighted by Crippen LogP contribution is 2.34. The monoisotopic (exact) mass is 486 g/mol. The molecule has 0 atom stereocenters. The Morgan fingerprint density at radius 2 is 1.71 bits per heavy atom. The third-order valence-electron chi connectivity index (χ3n) is 6.31. The molecule has 0 unspecified atom stereocenters. The minimum Gasteiger partial charge on any atom is -0.461 e. The fourth-order valence-electron chi connectivity index (χ4n) is 4.61. The molecule has 0 radical (unpaired) electrons. The number of nitrogens with one attached hydrogen (secondary N) is 1. The number of carbonyl (C=O) groups is 1. The summed E-state index contributed by atoms with van der Waals surface area (Å²) in [4.78, 5) is 16.0. The Hall–Kier alpha value is -2.72. The maximum Gasteiger partial charge on any atom is 0.355 e. The standard InChI is InChI=1S/C25H30N2O6S/c1-4-33-24(28)23-22(20-7-5-6-8-21(20)26-23)17-9-11-19(12-10-17)34(29,30)27-15-13-18(14-16-27)25(31-2)32-3/h5-12,18,25-26H,4,13-16H2,1-3H3. The van der Waals surface area contributed by atoms with Gasteiger partial charge in [-0.05, 0) is 43.5 Å². The summed E-state index contributed by atoms with van der Waals surface area (Å²) < 4.78 is 43.9. The van der Waals surface area contributed by atoms with Gasteiger partial charge in [0.25, 0.3) is 0 Å². The Bertz CT molecular complexity index is 1240. The topological polar surface area (TPSA) is 97.9 Å². The lowest BCUT2D eigenvalue weighted by Crippen LogP contribution is -2.42. The number of piperidine rings is 1. The van der Waals surface area contributed by atoms with Crippen LogP contribution in [0.2, 0.25) is 0 Å². The van der Waals surface area contributed by atoms with Gasteiger partial charge in [0, 0.05) is 49.7 Å². The number of fused-ring (bicyclic) bond motifs is 1. The maximum atomic E-state index is 13.3. The van der Waals surface area contributed by atoms with Crippen LogP contribution in [0.3, 0.4) is 0 Å². The van der Waals surface area contributed by atoms with Crippen LogP contribution in [-0.2, 0) is 24.2 Å². The predicted molar refractivity (Wildman–Crippen MR) is 129 cm³/mol. The van der Waals surface area contributed by atoms with Gasteiger partial charge in [-0.3, -0.25) is 0 Å². The van der Waals surface area contributed by atoms with Gasteiger partial charge in [-0.1, -0.05) is 30.3 Å². The lowest BCUT2D eigenvalue weighted by Gasteiger charge is -2.34. The van der Waals surface area contributed by atoms with E-state index in [0.29, 0.717) is 37.2 Å². The number of sulfonamides is 1. The first-order valence-corrected chi connectivity index (χ1v) is 12.8. The molecule has 182 valence electrons. The normalized spacial score (nSPS) is 15.8. The van der Waals surface area contributed by atoms with E-state index in [1.165, 1.54) is 4.31 Å². The van der Waals surface area contributed by atoms with E-state index in [2.05, 4.69) is 4.98 Å². The zero-order chi connectivity index (χ0) is 24.3. The lowest BCUT2D eigenvalue weighted by atomic mass is 9.97. The number of hydrogen-bond acceptors (Lipinski definition) is 6. The van der Waals surface area contributed by atoms with Gasteiger partial charge >= 0.3 is 5.97 Å². The number of methoxy groups -OCH3 is 2. The summed E-state index contributed by atoms with van der Waals surface area (Å²) in [6.07, 6.45) is 1.01. The molecule has 8 nitrogen and oxygen atoms in total. The summed E-state index contributed by atoms with van der Waals surface area (Å²) in [6, 6.07) is 14.3. The molecule has 1 aromatic heterocycles. The average Bonchev–Trinajstić information content (AvgIpc) is 3.25. The molecule has 0 amide bonds. The Morgan fingerprint density at radius 1 is 1.06 bits per heavy atom. The van der Waals surface area contributed by atoms with Gasteiger partial charge in [-0.25, -0.2) is 13.2 Å². The van der Waals surface area contributed by atoms with E-state index in [1.54, 1.807) is 45.4 Å². The molecule has 0 aliphatic carbocycles. The van der Waals surface area contributed by atoms with E-state index in [-0.39, 0.29) is 23.7 Å². The van der Waals surface area contributed by atoms with Crippen molar-refractivity contribution in [3.63, 3.8) is 0 Å². The van der Waals surface area contributed by atoms with Gasteiger partial charge in [-0.2, -0.15) is 4.31 Å². The second kappa shape index (κ2) is 10.3. The highest BCUT2D eigenvalue weighted by molar-refractivity contribution is 7.89. The Balaban J connectivity index is 1.60. The lowest BCUT2D eigenvalue weighted by molar-refractivity contribution is -0.144. The Labute approximate surface area is 199 Å². The third-order valence-corrected chi connectivity index (χ3v) is 8.23. The summed E-state index contributed by atoms with van der Waals surface area (Å²) in [6.45, 7) is 2.84. The van der Waals surface area contributed by atoms with Gasteiger partial charge < -0.3 is 19.2 Å². The van der Waals surface area contributed by atoms with Gasteiger partial charge in [0.05, 0.1) is 11.5 Å². The number of hydrogen-bond donors (Lipinski definition) is 1. The largest absolute Gasteiger partial charge is 0.461 e. The number of ether oxygens (including phenoxy) is 3. The highest BCUT2D eigenvalue weighted by atomic mass is 32.2. The van der Waals surface area contributed by atoms with Gasteiger partial charge in [-0.15, -0.1) is 0 Å². The molecule has 0 saturated carbocycles. The first-order valence-electron chi connectivity index (χ1n) is 11.3. The van der Waals surface area contributed by atoms with Gasteiger partial charge in [0.2, 0.25) is 10.0 Å².